The molecule has 0 radical (unpaired) electrons. The minimum atomic E-state index is -3.35. The van der Waals surface area contributed by atoms with Crippen molar-refractivity contribution in [3.8, 4) is 6.07 Å². The number of unbranched alkanes of at least 4 members (excludes halogenated alkanes) is 2. The van der Waals surface area contributed by atoms with E-state index in [2.05, 4.69) is 4.72 Å². The van der Waals surface area contributed by atoms with E-state index in [1.807, 2.05) is 6.07 Å². The largest absolute Gasteiger partial charge is 0.379 e. The summed E-state index contributed by atoms with van der Waals surface area (Å²) >= 11 is 0. The maximum Gasteiger partial charge on any atom is 0.279 e. The quantitative estimate of drug-likeness (QED) is 0.662. The van der Waals surface area contributed by atoms with Crippen molar-refractivity contribution in [1.82, 2.24) is 9.03 Å². The summed E-state index contributed by atoms with van der Waals surface area (Å²) in [5.41, 5.74) is 0. The summed E-state index contributed by atoms with van der Waals surface area (Å²) in [4.78, 5) is 0. The fourth-order valence-electron chi connectivity index (χ4n) is 1.41. The molecule has 92 valence electrons. The summed E-state index contributed by atoms with van der Waals surface area (Å²) in [5, 5.41) is 8.32. The van der Waals surface area contributed by atoms with Crippen molar-refractivity contribution >= 4 is 10.2 Å². The SMILES string of the molecule is N#CCCCCNS(=O)(=O)N1CCOCC1. The van der Waals surface area contributed by atoms with Crippen LogP contribution in [0.5, 0.6) is 0 Å². The highest BCUT2D eigenvalue weighted by Gasteiger charge is 2.23. The molecule has 1 N–H and O–H groups in total. The number of hydrogen-bond donors (Lipinski definition) is 1. The number of morpholine rings is 1. The normalized spacial score (nSPS) is 18.2. The number of hydrogen-bond acceptors (Lipinski definition) is 4. The van der Waals surface area contributed by atoms with Crippen molar-refractivity contribution in [3.05, 3.63) is 0 Å². The van der Waals surface area contributed by atoms with E-state index in [9.17, 15) is 8.42 Å². The van der Waals surface area contributed by atoms with Gasteiger partial charge < -0.3 is 4.74 Å². The second kappa shape index (κ2) is 6.81. The van der Waals surface area contributed by atoms with E-state index in [0.29, 0.717) is 45.7 Å². The van der Waals surface area contributed by atoms with Crippen molar-refractivity contribution in [2.24, 2.45) is 0 Å². The van der Waals surface area contributed by atoms with Crippen LogP contribution in [0.1, 0.15) is 19.3 Å². The van der Waals surface area contributed by atoms with E-state index in [-0.39, 0.29) is 0 Å². The first-order valence-corrected chi connectivity index (χ1v) is 6.80. The molecule has 0 bridgehead atoms. The molecule has 16 heavy (non-hydrogen) atoms. The molecule has 1 heterocycles. The highest BCUT2D eigenvalue weighted by atomic mass is 32.2. The highest BCUT2D eigenvalue weighted by molar-refractivity contribution is 7.87. The van der Waals surface area contributed by atoms with E-state index in [1.165, 1.54) is 4.31 Å². The molecule has 0 aliphatic carbocycles. The number of nitriles is 1. The smallest absolute Gasteiger partial charge is 0.279 e. The van der Waals surface area contributed by atoms with E-state index < -0.39 is 10.2 Å². The third-order valence-corrected chi connectivity index (χ3v) is 3.92. The lowest BCUT2D eigenvalue weighted by Gasteiger charge is -2.26. The van der Waals surface area contributed by atoms with E-state index in [1.54, 1.807) is 0 Å². The van der Waals surface area contributed by atoms with Crippen LogP contribution in [-0.4, -0.2) is 45.6 Å². The molecule has 6 nitrogen and oxygen atoms in total. The second-order valence-electron chi connectivity index (χ2n) is 3.53. The van der Waals surface area contributed by atoms with Crippen molar-refractivity contribution in [3.63, 3.8) is 0 Å². The molecule has 0 saturated carbocycles. The predicted octanol–water partition coefficient (Wildman–Crippen LogP) is -0.153. The predicted molar refractivity (Wildman–Crippen MR) is 58.8 cm³/mol. The zero-order valence-corrected chi connectivity index (χ0v) is 10.0. The van der Waals surface area contributed by atoms with Gasteiger partial charge in [0.05, 0.1) is 19.3 Å². The standard InChI is InChI=1S/C9H17N3O3S/c10-4-2-1-3-5-11-16(13,14)12-6-8-15-9-7-12/h11H,1-3,5-9H2. The van der Waals surface area contributed by atoms with Gasteiger partial charge in [0.25, 0.3) is 10.2 Å². The maximum atomic E-state index is 11.7. The Kier molecular flexibility index (Phi) is 5.69. The average molecular weight is 247 g/mol. The minimum absolute atomic E-state index is 0.390. The Bertz CT molecular complexity index is 330. The zero-order chi connectivity index (χ0) is 11.9. The Hall–Kier alpha value is -0.680. The maximum absolute atomic E-state index is 11.7. The molecule has 7 heteroatoms. The number of rotatable bonds is 6. The van der Waals surface area contributed by atoms with Gasteiger partial charge in [-0.1, -0.05) is 0 Å². The Morgan fingerprint density at radius 1 is 1.31 bits per heavy atom. The molecule has 0 unspecified atom stereocenters. The average Bonchev–Trinajstić information content (AvgIpc) is 2.30. The Balaban J connectivity index is 2.25. The van der Waals surface area contributed by atoms with E-state index >= 15 is 0 Å². The minimum Gasteiger partial charge on any atom is -0.379 e. The van der Waals surface area contributed by atoms with Crippen LogP contribution in [0.15, 0.2) is 0 Å². The van der Waals surface area contributed by atoms with Crippen LogP contribution >= 0.6 is 0 Å². The summed E-state index contributed by atoms with van der Waals surface area (Å²) in [6.45, 7) is 2.12. The fraction of sp³-hybridized carbons (Fsp3) is 0.889. The van der Waals surface area contributed by atoms with Crippen LogP contribution in [0.2, 0.25) is 0 Å². The summed E-state index contributed by atoms with van der Waals surface area (Å²) in [7, 11) is -3.35. The fourth-order valence-corrected chi connectivity index (χ4v) is 2.62. The van der Waals surface area contributed by atoms with Crippen molar-refractivity contribution < 1.29 is 13.2 Å². The molecule has 1 aliphatic heterocycles. The Labute approximate surface area is 96.4 Å². The molecule has 1 fully saturated rings. The monoisotopic (exact) mass is 247 g/mol. The van der Waals surface area contributed by atoms with Crippen molar-refractivity contribution in [1.29, 1.82) is 5.26 Å². The molecule has 0 aromatic rings. The molecule has 0 aromatic carbocycles. The second-order valence-corrected chi connectivity index (χ2v) is 5.28. The molecule has 0 amide bonds. The highest BCUT2D eigenvalue weighted by Crippen LogP contribution is 2.03. The molecule has 0 aromatic heterocycles. The van der Waals surface area contributed by atoms with E-state index in [4.69, 9.17) is 10.00 Å². The molecule has 1 saturated heterocycles. The van der Waals surface area contributed by atoms with Crippen LogP contribution in [0.25, 0.3) is 0 Å². The van der Waals surface area contributed by atoms with Gasteiger partial charge in [-0.3, -0.25) is 0 Å². The van der Waals surface area contributed by atoms with Gasteiger partial charge in [0.2, 0.25) is 0 Å². The van der Waals surface area contributed by atoms with Crippen LogP contribution in [0.4, 0.5) is 0 Å². The third kappa shape index (κ3) is 4.45. The Morgan fingerprint density at radius 3 is 2.62 bits per heavy atom. The molecule has 1 aliphatic rings. The summed E-state index contributed by atoms with van der Waals surface area (Å²) < 4.78 is 32.4. The molecule has 1 rings (SSSR count). The van der Waals surface area contributed by atoms with Crippen LogP contribution in [0, 0.1) is 11.3 Å². The number of nitrogens with one attached hydrogen (secondary N) is 1. The summed E-state index contributed by atoms with van der Waals surface area (Å²) in [6, 6.07) is 2.02. The van der Waals surface area contributed by atoms with Gasteiger partial charge in [-0.2, -0.15) is 18.0 Å². The van der Waals surface area contributed by atoms with Gasteiger partial charge in [-0.15, -0.1) is 0 Å². The molecule has 0 atom stereocenters. The molecular formula is C9H17N3O3S. The third-order valence-electron chi connectivity index (χ3n) is 2.31. The first-order chi connectivity index (χ1) is 7.67. The Morgan fingerprint density at radius 2 is 2.00 bits per heavy atom. The number of ether oxygens (including phenoxy) is 1. The lowest BCUT2D eigenvalue weighted by Crippen LogP contribution is -2.46. The van der Waals surface area contributed by atoms with Crippen LogP contribution in [-0.2, 0) is 14.9 Å². The summed E-state index contributed by atoms with van der Waals surface area (Å²) in [5.74, 6) is 0. The first-order valence-electron chi connectivity index (χ1n) is 5.36. The zero-order valence-electron chi connectivity index (χ0n) is 9.18. The van der Waals surface area contributed by atoms with Gasteiger partial charge in [-0.05, 0) is 12.8 Å². The summed E-state index contributed by atoms with van der Waals surface area (Å²) in [6.07, 6.45) is 1.89. The lowest BCUT2D eigenvalue weighted by molar-refractivity contribution is 0.0725. The van der Waals surface area contributed by atoms with E-state index in [0.717, 1.165) is 6.42 Å². The number of nitrogens with zero attached hydrogens (tertiary/aromatic N) is 2. The first kappa shape index (κ1) is 13.4. The van der Waals surface area contributed by atoms with Crippen LogP contribution in [0.3, 0.4) is 0 Å². The lowest BCUT2D eigenvalue weighted by atomic mass is 10.2. The van der Waals surface area contributed by atoms with Crippen molar-refractivity contribution in [2.45, 2.75) is 19.3 Å². The van der Waals surface area contributed by atoms with Gasteiger partial charge in [0.15, 0.2) is 0 Å². The van der Waals surface area contributed by atoms with Crippen LogP contribution < -0.4 is 4.72 Å². The topological polar surface area (TPSA) is 82.4 Å². The van der Waals surface area contributed by atoms with Gasteiger partial charge >= 0.3 is 0 Å². The van der Waals surface area contributed by atoms with Gasteiger partial charge in [-0.25, -0.2) is 4.72 Å². The van der Waals surface area contributed by atoms with Gasteiger partial charge in [0, 0.05) is 26.1 Å². The molecular weight excluding hydrogens is 230 g/mol. The van der Waals surface area contributed by atoms with Gasteiger partial charge in [0.1, 0.15) is 0 Å². The van der Waals surface area contributed by atoms with Crippen molar-refractivity contribution in [2.75, 3.05) is 32.8 Å². The molecule has 0 spiro atoms.